The zero-order valence-electron chi connectivity index (χ0n) is 12.8. The van der Waals surface area contributed by atoms with Crippen molar-refractivity contribution in [2.45, 2.75) is 25.3 Å². The number of nitrogens with two attached hydrogens (primary N) is 1. The standard InChI is InChI=1S/C17H19N3O3/c1-11(20(22)17(18)21)14-10-15(14)12-5-4-6-13(9-12)23-16-7-2-3-8-19-16/h2-9,11,14-15,22H,10H2,1H3,(H2,18,21). The third-order valence-corrected chi connectivity index (χ3v) is 4.22. The molecule has 1 aromatic carbocycles. The summed E-state index contributed by atoms with van der Waals surface area (Å²) in [5.74, 6) is 1.74. The molecule has 6 heteroatoms. The number of ether oxygens (including phenoxy) is 1. The van der Waals surface area contributed by atoms with Crippen molar-refractivity contribution in [3.63, 3.8) is 0 Å². The average Bonchev–Trinajstić information content (AvgIpc) is 3.35. The van der Waals surface area contributed by atoms with Gasteiger partial charge in [0.05, 0.1) is 6.04 Å². The molecule has 2 amide bonds. The van der Waals surface area contributed by atoms with Crippen molar-refractivity contribution >= 4 is 6.03 Å². The summed E-state index contributed by atoms with van der Waals surface area (Å²) >= 11 is 0. The van der Waals surface area contributed by atoms with Gasteiger partial charge in [0.1, 0.15) is 5.75 Å². The molecule has 0 spiro atoms. The number of hydroxylamine groups is 2. The SMILES string of the molecule is CC(C1CC1c1cccc(Oc2ccccn2)c1)N(O)C(N)=O. The summed E-state index contributed by atoms with van der Waals surface area (Å²) in [6.07, 6.45) is 2.58. The monoisotopic (exact) mass is 313 g/mol. The second kappa shape index (κ2) is 6.26. The molecule has 1 fully saturated rings. The third kappa shape index (κ3) is 3.43. The minimum absolute atomic E-state index is 0.192. The molecule has 1 saturated carbocycles. The third-order valence-electron chi connectivity index (χ3n) is 4.22. The Kier molecular flexibility index (Phi) is 4.16. The molecule has 0 aliphatic heterocycles. The highest BCUT2D eigenvalue weighted by molar-refractivity contribution is 5.71. The minimum Gasteiger partial charge on any atom is -0.439 e. The van der Waals surface area contributed by atoms with Crippen LogP contribution in [0.3, 0.4) is 0 Å². The van der Waals surface area contributed by atoms with Crippen molar-refractivity contribution in [2.75, 3.05) is 0 Å². The van der Waals surface area contributed by atoms with E-state index in [1.807, 2.05) is 36.4 Å². The number of pyridine rings is 1. The number of carbonyl (C=O) groups excluding carboxylic acids is 1. The Morgan fingerprint density at radius 2 is 2.22 bits per heavy atom. The van der Waals surface area contributed by atoms with E-state index in [4.69, 9.17) is 10.5 Å². The number of urea groups is 1. The van der Waals surface area contributed by atoms with Gasteiger partial charge in [0.2, 0.25) is 5.88 Å². The first-order valence-electron chi connectivity index (χ1n) is 7.52. The summed E-state index contributed by atoms with van der Waals surface area (Å²) in [5, 5.41) is 10.3. The Hall–Kier alpha value is -2.60. The second-order valence-electron chi connectivity index (χ2n) is 5.77. The van der Waals surface area contributed by atoms with Gasteiger partial charge in [-0.05, 0) is 48.9 Å². The maximum atomic E-state index is 11.0. The van der Waals surface area contributed by atoms with Crippen molar-refractivity contribution in [3.8, 4) is 11.6 Å². The van der Waals surface area contributed by atoms with Crippen LogP contribution in [-0.4, -0.2) is 27.3 Å². The molecule has 1 heterocycles. The number of amides is 2. The van der Waals surface area contributed by atoms with Gasteiger partial charge in [-0.2, -0.15) is 0 Å². The Morgan fingerprint density at radius 1 is 1.39 bits per heavy atom. The van der Waals surface area contributed by atoms with Crippen LogP contribution >= 0.6 is 0 Å². The number of carbonyl (C=O) groups is 1. The molecule has 23 heavy (non-hydrogen) atoms. The van der Waals surface area contributed by atoms with Crippen LogP contribution in [0, 0.1) is 5.92 Å². The first-order chi connectivity index (χ1) is 11.1. The lowest BCUT2D eigenvalue weighted by atomic mass is 10.1. The van der Waals surface area contributed by atoms with Gasteiger partial charge in [0, 0.05) is 12.3 Å². The highest BCUT2D eigenvalue weighted by Gasteiger charge is 2.45. The normalized spacial score (nSPS) is 20.6. The predicted molar refractivity (Wildman–Crippen MR) is 84.3 cm³/mol. The van der Waals surface area contributed by atoms with Crippen molar-refractivity contribution in [3.05, 3.63) is 54.2 Å². The van der Waals surface area contributed by atoms with E-state index in [1.165, 1.54) is 0 Å². The number of aromatic nitrogens is 1. The first kappa shape index (κ1) is 15.3. The summed E-state index contributed by atoms with van der Waals surface area (Å²) in [5.41, 5.74) is 6.23. The summed E-state index contributed by atoms with van der Waals surface area (Å²) in [7, 11) is 0. The summed E-state index contributed by atoms with van der Waals surface area (Å²) in [6.45, 7) is 1.80. The van der Waals surface area contributed by atoms with E-state index in [1.54, 1.807) is 19.2 Å². The van der Waals surface area contributed by atoms with Crippen molar-refractivity contribution in [1.29, 1.82) is 0 Å². The molecule has 1 aromatic heterocycles. The molecule has 0 radical (unpaired) electrons. The van der Waals surface area contributed by atoms with Crippen LogP contribution in [0.5, 0.6) is 11.6 Å². The maximum absolute atomic E-state index is 11.0. The Labute approximate surface area is 134 Å². The van der Waals surface area contributed by atoms with E-state index >= 15 is 0 Å². The van der Waals surface area contributed by atoms with E-state index in [-0.39, 0.29) is 17.9 Å². The number of hydrogen-bond acceptors (Lipinski definition) is 4. The van der Waals surface area contributed by atoms with E-state index < -0.39 is 6.03 Å². The van der Waals surface area contributed by atoms with Crippen molar-refractivity contribution < 1.29 is 14.7 Å². The Morgan fingerprint density at radius 3 is 2.91 bits per heavy atom. The van der Waals surface area contributed by atoms with E-state index in [0.29, 0.717) is 10.9 Å². The van der Waals surface area contributed by atoms with Gasteiger partial charge in [0.15, 0.2) is 0 Å². The van der Waals surface area contributed by atoms with Gasteiger partial charge >= 0.3 is 6.03 Å². The predicted octanol–water partition coefficient (Wildman–Crippen LogP) is 3.14. The summed E-state index contributed by atoms with van der Waals surface area (Å²) in [6, 6.07) is 12.2. The molecule has 3 unspecified atom stereocenters. The highest BCUT2D eigenvalue weighted by Crippen LogP contribution is 2.51. The van der Waals surface area contributed by atoms with Crippen LogP contribution in [0.1, 0.15) is 24.8 Å². The quantitative estimate of drug-likeness (QED) is 0.655. The lowest BCUT2D eigenvalue weighted by molar-refractivity contribution is -0.0760. The first-order valence-corrected chi connectivity index (χ1v) is 7.52. The summed E-state index contributed by atoms with van der Waals surface area (Å²) < 4.78 is 5.73. The lowest BCUT2D eigenvalue weighted by Gasteiger charge is -2.20. The van der Waals surface area contributed by atoms with Crippen LogP contribution in [0.4, 0.5) is 4.79 Å². The number of primary amides is 1. The van der Waals surface area contributed by atoms with E-state index in [0.717, 1.165) is 17.7 Å². The van der Waals surface area contributed by atoms with Gasteiger partial charge in [-0.25, -0.2) is 14.8 Å². The molecule has 0 bridgehead atoms. The van der Waals surface area contributed by atoms with Crippen LogP contribution in [0.2, 0.25) is 0 Å². The van der Waals surface area contributed by atoms with Gasteiger partial charge in [-0.3, -0.25) is 5.21 Å². The molecule has 0 saturated heterocycles. The zero-order chi connectivity index (χ0) is 16.4. The van der Waals surface area contributed by atoms with Gasteiger partial charge < -0.3 is 10.5 Å². The zero-order valence-corrected chi connectivity index (χ0v) is 12.8. The van der Waals surface area contributed by atoms with E-state index in [2.05, 4.69) is 4.98 Å². The minimum atomic E-state index is -0.824. The van der Waals surface area contributed by atoms with E-state index in [9.17, 15) is 10.0 Å². The molecule has 120 valence electrons. The van der Waals surface area contributed by atoms with Crippen LogP contribution in [0.25, 0.3) is 0 Å². The van der Waals surface area contributed by atoms with Gasteiger partial charge in [0.25, 0.3) is 0 Å². The fourth-order valence-electron chi connectivity index (χ4n) is 2.85. The highest BCUT2D eigenvalue weighted by atomic mass is 16.5. The molecule has 1 aliphatic rings. The van der Waals surface area contributed by atoms with Gasteiger partial charge in [-0.15, -0.1) is 0 Å². The summed E-state index contributed by atoms with van der Waals surface area (Å²) in [4.78, 5) is 15.2. The molecule has 6 nitrogen and oxygen atoms in total. The Balaban J connectivity index is 1.68. The Bertz CT molecular complexity index is 692. The largest absolute Gasteiger partial charge is 0.439 e. The maximum Gasteiger partial charge on any atom is 0.338 e. The molecule has 2 aromatic rings. The molecule has 3 atom stereocenters. The van der Waals surface area contributed by atoms with Crippen molar-refractivity contribution in [1.82, 2.24) is 10.0 Å². The molecule has 3 rings (SSSR count). The smallest absolute Gasteiger partial charge is 0.338 e. The van der Waals surface area contributed by atoms with Crippen LogP contribution in [0.15, 0.2) is 48.7 Å². The fraction of sp³-hybridized carbons (Fsp3) is 0.294. The van der Waals surface area contributed by atoms with Crippen molar-refractivity contribution in [2.24, 2.45) is 11.7 Å². The fourth-order valence-corrected chi connectivity index (χ4v) is 2.85. The van der Waals surface area contributed by atoms with Crippen LogP contribution in [-0.2, 0) is 0 Å². The number of benzene rings is 1. The topological polar surface area (TPSA) is 88.7 Å². The average molecular weight is 313 g/mol. The number of hydrogen-bond donors (Lipinski definition) is 2. The number of rotatable bonds is 5. The molecule has 3 N–H and O–H groups in total. The lowest BCUT2D eigenvalue weighted by Crippen LogP contribution is -2.40. The molecule has 1 aliphatic carbocycles. The molecular weight excluding hydrogens is 294 g/mol. The number of nitrogens with zero attached hydrogens (tertiary/aromatic N) is 2. The van der Waals surface area contributed by atoms with Crippen LogP contribution < -0.4 is 10.5 Å². The second-order valence-corrected chi connectivity index (χ2v) is 5.77. The van der Waals surface area contributed by atoms with Gasteiger partial charge in [-0.1, -0.05) is 18.2 Å². The molecular formula is C17H19N3O3.